The van der Waals surface area contributed by atoms with Gasteiger partial charge in [0.15, 0.2) is 0 Å². The van der Waals surface area contributed by atoms with Gasteiger partial charge in [-0.15, -0.1) is 0 Å². The molecule has 0 aliphatic rings. The predicted octanol–water partition coefficient (Wildman–Crippen LogP) is 3.50. The van der Waals surface area contributed by atoms with Crippen molar-refractivity contribution in [2.24, 2.45) is 0 Å². The molecule has 1 aromatic rings. The third kappa shape index (κ3) is 4.21. The summed E-state index contributed by atoms with van der Waals surface area (Å²) < 4.78 is 120. The van der Waals surface area contributed by atoms with E-state index >= 15 is 0 Å². The van der Waals surface area contributed by atoms with Crippen LogP contribution in [-0.4, -0.2) is 24.8 Å². The van der Waals surface area contributed by atoms with E-state index in [1.807, 2.05) is 0 Å². The molecule has 0 saturated heterocycles. The van der Waals surface area contributed by atoms with Gasteiger partial charge in [0, 0.05) is 0 Å². The van der Waals surface area contributed by atoms with Crippen molar-refractivity contribution >= 4 is 32.6 Å². The number of hydrogen-bond acceptors (Lipinski definition) is 4. The fourth-order valence-electron chi connectivity index (χ4n) is 1.01. The molecule has 0 heterocycles. The molecule has 1 aromatic carbocycles. The van der Waals surface area contributed by atoms with Crippen molar-refractivity contribution in [2.45, 2.75) is 12.9 Å². The van der Waals surface area contributed by atoms with E-state index in [4.69, 9.17) is 0 Å². The topological polar surface area (TPSA) is 52.6 Å². The van der Waals surface area contributed by atoms with Gasteiger partial charge in [-0.3, -0.25) is 0 Å². The van der Waals surface area contributed by atoms with Gasteiger partial charge in [-0.2, -0.15) is 0 Å². The van der Waals surface area contributed by atoms with Crippen LogP contribution in [0.2, 0.25) is 0 Å². The molecule has 0 radical (unpaired) electrons. The van der Waals surface area contributed by atoms with Crippen LogP contribution in [0.1, 0.15) is 0 Å². The van der Waals surface area contributed by atoms with E-state index in [1.165, 1.54) is 0 Å². The van der Waals surface area contributed by atoms with E-state index in [0.29, 0.717) is 0 Å². The van der Waals surface area contributed by atoms with Gasteiger partial charge in [0.2, 0.25) is 0 Å². The molecule has 0 unspecified atom stereocenters. The van der Waals surface area contributed by atoms with Crippen LogP contribution in [0.5, 0.6) is 0 Å². The number of benzene rings is 1. The zero-order chi connectivity index (χ0) is 18.8. The molecule has 0 amide bonds. The van der Waals surface area contributed by atoms with E-state index in [1.54, 1.807) is 0 Å². The first kappa shape index (κ1) is 20.3. The van der Waals surface area contributed by atoms with Crippen molar-refractivity contribution in [1.82, 2.24) is 0 Å². The molecule has 0 aliphatic carbocycles. The van der Waals surface area contributed by atoms with Crippen LogP contribution in [0.15, 0.2) is 0 Å². The Morgan fingerprint density at radius 2 is 0.958 bits per heavy atom. The fraction of sp³-hybridized carbons (Fsp3) is 0.200. The van der Waals surface area contributed by atoms with Crippen molar-refractivity contribution in [2.75, 3.05) is 0 Å². The first-order valence-corrected chi connectivity index (χ1v) is 8.05. The molecule has 0 aliphatic heterocycles. The van der Waals surface area contributed by atoms with Crippen molar-refractivity contribution in [3.63, 3.8) is 0 Å². The van der Waals surface area contributed by atoms with Gasteiger partial charge >= 0.3 is 133 Å². The second-order valence-electron chi connectivity index (χ2n) is 3.49. The zero-order valence-corrected chi connectivity index (χ0v) is 12.7. The molecule has 0 aromatic heterocycles. The van der Waals surface area contributed by atoms with Crippen molar-refractivity contribution in [1.29, 1.82) is 0 Å². The van der Waals surface area contributed by atoms with Gasteiger partial charge in [0.1, 0.15) is 0 Å². The molecule has 0 bridgehead atoms. The van der Waals surface area contributed by atoms with Gasteiger partial charge < -0.3 is 0 Å². The molecular weight excluding hydrogens is 482 g/mol. The van der Waals surface area contributed by atoms with Gasteiger partial charge in [0.05, 0.1) is 0 Å². The van der Waals surface area contributed by atoms with E-state index in [0.717, 1.165) is 0 Å². The van der Waals surface area contributed by atoms with Crippen molar-refractivity contribution in [3.05, 3.63) is 32.7 Å². The molecule has 14 heteroatoms. The van der Waals surface area contributed by atoms with E-state index in [2.05, 4.69) is 6.13 Å². The Balaban J connectivity index is 3.44. The number of carbonyl (C=O) groups excluding carboxylic acids is 2. The van der Waals surface area contributed by atoms with Crippen LogP contribution in [0, 0.1) is 32.7 Å². The summed E-state index contributed by atoms with van der Waals surface area (Å²) in [7, 11) is 0. The summed E-state index contributed by atoms with van der Waals surface area (Å²) >= 11 is -5.24. The van der Waals surface area contributed by atoms with Crippen LogP contribution < -0.4 is 0 Å². The average molecular weight is 484 g/mol. The molecule has 0 fully saturated rings. The number of alkyl halides is 4. The standard InChI is InChI=1S/C10H2F9IO4/c11-1-2(12)4(14)6(5(15)3(1)13)20(23-9(21)7(16)17)24-10(22)8(18)19/h7-8H. The Hall–Kier alpha value is -1.74. The van der Waals surface area contributed by atoms with E-state index in [-0.39, 0.29) is 0 Å². The maximum atomic E-state index is 13.5. The molecule has 4 nitrogen and oxygen atoms in total. The Bertz CT molecular complexity index is 615. The van der Waals surface area contributed by atoms with Crippen LogP contribution in [0.25, 0.3) is 0 Å². The first-order chi connectivity index (χ1) is 11.0. The zero-order valence-electron chi connectivity index (χ0n) is 10.6. The average Bonchev–Trinajstić information content (AvgIpc) is 2.50. The SMILES string of the molecule is O=C(OI(OC(=O)C(F)F)c1c(F)c(F)c(F)c(F)c1F)C(F)F. The normalized spacial score (nSPS) is 11.7. The van der Waals surface area contributed by atoms with E-state index < -0.39 is 78.1 Å². The summed E-state index contributed by atoms with van der Waals surface area (Å²) in [5.74, 6) is -18.3. The molecule has 24 heavy (non-hydrogen) atoms. The van der Waals surface area contributed by atoms with Gasteiger partial charge in [-0.05, 0) is 0 Å². The van der Waals surface area contributed by atoms with Gasteiger partial charge in [-0.25, -0.2) is 0 Å². The Kier molecular flexibility index (Phi) is 6.67. The third-order valence-electron chi connectivity index (χ3n) is 1.96. The number of carbonyl (C=O) groups is 2. The van der Waals surface area contributed by atoms with Crippen LogP contribution in [-0.2, 0) is 15.7 Å². The Morgan fingerprint density at radius 3 is 1.25 bits per heavy atom. The number of hydrogen-bond donors (Lipinski definition) is 0. The number of rotatable bonds is 5. The monoisotopic (exact) mass is 484 g/mol. The van der Waals surface area contributed by atoms with Crippen molar-refractivity contribution in [3.8, 4) is 0 Å². The van der Waals surface area contributed by atoms with Crippen LogP contribution >= 0.6 is 20.6 Å². The third-order valence-corrected chi connectivity index (χ3v) is 5.46. The minimum atomic E-state index is -5.24. The van der Waals surface area contributed by atoms with E-state index in [9.17, 15) is 49.1 Å². The summed E-state index contributed by atoms with van der Waals surface area (Å²) in [4.78, 5) is 21.4. The summed E-state index contributed by atoms with van der Waals surface area (Å²) in [5, 5.41) is 0. The molecule has 0 atom stereocenters. The van der Waals surface area contributed by atoms with Crippen LogP contribution in [0.3, 0.4) is 0 Å². The van der Waals surface area contributed by atoms with Gasteiger partial charge in [-0.1, -0.05) is 0 Å². The first-order valence-electron chi connectivity index (χ1n) is 5.21. The predicted molar refractivity (Wildman–Crippen MR) is 63.1 cm³/mol. The summed E-state index contributed by atoms with van der Waals surface area (Å²) in [6.45, 7) is 0. The summed E-state index contributed by atoms with van der Waals surface area (Å²) in [6, 6.07) is 0. The van der Waals surface area contributed by atoms with Gasteiger partial charge in [0.25, 0.3) is 0 Å². The Morgan fingerprint density at radius 1 is 0.667 bits per heavy atom. The number of halogens is 10. The molecule has 0 spiro atoms. The molecule has 0 N–H and O–H groups in total. The summed E-state index contributed by atoms with van der Waals surface area (Å²) in [6.07, 6.45) is -7.90. The van der Waals surface area contributed by atoms with Crippen molar-refractivity contribution < 1.29 is 55.2 Å². The minimum absolute atomic E-state index is 2.06. The Labute approximate surface area is 134 Å². The second kappa shape index (κ2) is 7.89. The fourth-order valence-corrected chi connectivity index (χ4v) is 3.96. The van der Waals surface area contributed by atoms with Crippen LogP contribution in [0.4, 0.5) is 39.5 Å². The molecule has 136 valence electrons. The summed E-state index contributed by atoms with van der Waals surface area (Å²) in [5.41, 5.74) is 0. The maximum absolute atomic E-state index is 13.5. The quantitative estimate of drug-likeness (QED) is 0.278. The molecular formula is C10H2F9IO4. The molecule has 0 saturated carbocycles. The molecule has 1 rings (SSSR count). The second-order valence-corrected chi connectivity index (χ2v) is 6.69.